The quantitative estimate of drug-likeness (QED) is 0.765. The molecule has 7 nitrogen and oxygen atoms in total. The van der Waals surface area contributed by atoms with Gasteiger partial charge in [-0.1, -0.05) is 12.2 Å². The van der Waals surface area contributed by atoms with Gasteiger partial charge in [-0.3, -0.25) is 4.79 Å². The van der Waals surface area contributed by atoms with E-state index < -0.39 is 35.9 Å². The third-order valence-electron chi connectivity index (χ3n) is 4.14. The first kappa shape index (κ1) is 15.4. The van der Waals surface area contributed by atoms with Crippen molar-refractivity contribution in [1.29, 1.82) is 0 Å². The van der Waals surface area contributed by atoms with Crippen LogP contribution in [0.15, 0.2) is 30.4 Å². The Labute approximate surface area is 132 Å². The number of carbonyl (C=O) groups excluding carboxylic acids is 2. The molecule has 2 aliphatic heterocycles. The van der Waals surface area contributed by atoms with Crippen LogP contribution in [0.4, 0.5) is 5.69 Å². The van der Waals surface area contributed by atoms with E-state index >= 15 is 0 Å². The number of hydrogen-bond donors (Lipinski definition) is 1. The number of nitrogens with one attached hydrogen (secondary N) is 1. The minimum absolute atomic E-state index is 0.403. The van der Waals surface area contributed by atoms with Crippen LogP contribution in [0.25, 0.3) is 0 Å². The van der Waals surface area contributed by atoms with Gasteiger partial charge in [-0.25, -0.2) is 0 Å². The van der Waals surface area contributed by atoms with Crippen LogP contribution in [-0.2, 0) is 14.3 Å². The minimum Gasteiger partial charge on any atom is -0.550 e. The van der Waals surface area contributed by atoms with Crippen molar-refractivity contribution in [2.24, 2.45) is 11.8 Å². The molecule has 122 valence electrons. The smallest absolute Gasteiger partial charge is 0.231 e. The Morgan fingerprint density at radius 2 is 1.83 bits per heavy atom. The normalized spacial score (nSPS) is 27.7. The number of amides is 1. The Morgan fingerprint density at radius 3 is 2.43 bits per heavy atom. The van der Waals surface area contributed by atoms with Gasteiger partial charge in [-0.05, 0) is 12.1 Å². The number of carboxylic acid groups (broad SMARTS) is 1. The summed E-state index contributed by atoms with van der Waals surface area (Å²) in [5.74, 6) is -2.60. The summed E-state index contributed by atoms with van der Waals surface area (Å²) in [6.45, 7) is 0. The number of aliphatic carboxylic acids is 1. The van der Waals surface area contributed by atoms with Crippen molar-refractivity contribution in [3.63, 3.8) is 0 Å². The van der Waals surface area contributed by atoms with E-state index in [1.165, 1.54) is 14.2 Å². The zero-order valence-corrected chi connectivity index (χ0v) is 12.6. The molecular weight excluding hydrogens is 302 g/mol. The van der Waals surface area contributed by atoms with E-state index in [9.17, 15) is 14.7 Å². The molecule has 23 heavy (non-hydrogen) atoms. The monoisotopic (exact) mass is 318 g/mol. The fraction of sp³-hybridized carbons (Fsp3) is 0.375. The first-order chi connectivity index (χ1) is 11.0. The van der Waals surface area contributed by atoms with Gasteiger partial charge in [0, 0.05) is 18.0 Å². The number of carbonyl (C=O) groups is 2. The molecule has 4 atom stereocenters. The summed E-state index contributed by atoms with van der Waals surface area (Å²) < 4.78 is 15.8. The Bertz CT molecular complexity index is 671. The van der Waals surface area contributed by atoms with Crippen LogP contribution in [0.5, 0.6) is 11.5 Å². The van der Waals surface area contributed by atoms with E-state index in [4.69, 9.17) is 14.2 Å². The van der Waals surface area contributed by atoms with Crippen LogP contribution in [0.1, 0.15) is 0 Å². The van der Waals surface area contributed by atoms with E-state index in [0.717, 1.165) is 0 Å². The number of fused-ring (bicyclic) bond motifs is 2. The zero-order valence-electron chi connectivity index (χ0n) is 12.6. The number of hydrogen-bond acceptors (Lipinski definition) is 6. The lowest BCUT2D eigenvalue weighted by Crippen LogP contribution is -2.45. The summed E-state index contributed by atoms with van der Waals surface area (Å²) in [7, 11) is 2.99. The van der Waals surface area contributed by atoms with Gasteiger partial charge in [-0.2, -0.15) is 0 Å². The third-order valence-corrected chi connectivity index (χ3v) is 4.14. The Balaban J connectivity index is 1.84. The van der Waals surface area contributed by atoms with Gasteiger partial charge in [0.15, 0.2) is 0 Å². The largest absolute Gasteiger partial charge is 0.550 e. The van der Waals surface area contributed by atoms with E-state index in [-0.39, 0.29) is 0 Å². The highest BCUT2D eigenvalue weighted by Gasteiger charge is 2.50. The number of anilines is 1. The van der Waals surface area contributed by atoms with Crippen molar-refractivity contribution in [3.8, 4) is 11.5 Å². The number of methoxy groups -OCH3 is 2. The van der Waals surface area contributed by atoms with E-state index in [1.807, 2.05) is 0 Å². The van der Waals surface area contributed by atoms with Crippen LogP contribution in [0.2, 0.25) is 0 Å². The second-order valence-electron chi connectivity index (χ2n) is 5.38. The van der Waals surface area contributed by atoms with Gasteiger partial charge in [0.05, 0.1) is 38.0 Å². The lowest BCUT2D eigenvalue weighted by Gasteiger charge is -2.25. The Kier molecular flexibility index (Phi) is 3.96. The molecule has 2 aliphatic rings. The van der Waals surface area contributed by atoms with Crippen LogP contribution < -0.4 is 19.9 Å². The van der Waals surface area contributed by atoms with Crippen molar-refractivity contribution < 1.29 is 28.9 Å². The predicted molar refractivity (Wildman–Crippen MR) is 78.0 cm³/mol. The molecule has 2 heterocycles. The zero-order chi connectivity index (χ0) is 16.6. The molecule has 1 aromatic carbocycles. The van der Waals surface area contributed by atoms with Crippen LogP contribution in [0, 0.1) is 11.8 Å². The minimum atomic E-state index is -1.29. The van der Waals surface area contributed by atoms with E-state index in [0.29, 0.717) is 17.2 Å². The highest BCUT2D eigenvalue weighted by molar-refractivity contribution is 5.97. The van der Waals surface area contributed by atoms with Gasteiger partial charge in [0.1, 0.15) is 11.5 Å². The maximum absolute atomic E-state index is 12.6. The summed E-state index contributed by atoms with van der Waals surface area (Å²) in [6, 6.07) is 4.96. The number of rotatable bonds is 5. The predicted octanol–water partition coefficient (Wildman–Crippen LogP) is -0.0382. The van der Waals surface area contributed by atoms with Gasteiger partial charge in [0.2, 0.25) is 5.91 Å². The Morgan fingerprint density at radius 1 is 1.13 bits per heavy atom. The SMILES string of the molecule is COc1ccc(OC)c(NC(=O)[C@@H]2[C@@H](C(=O)[O-])[C@@H]3C=C[C@H]2O3)c1. The van der Waals surface area contributed by atoms with E-state index in [1.54, 1.807) is 30.4 Å². The molecule has 1 amide bonds. The van der Waals surface area contributed by atoms with Gasteiger partial charge >= 0.3 is 0 Å². The molecule has 0 radical (unpaired) electrons. The summed E-state index contributed by atoms with van der Waals surface area (Å²) in [6.07, 6.45) is 2.19. The second-order valence-corrected chi connectivity index (χ2v) is 5.38. The molecule has 0 unspecified atom stereocenters. The van der Waals surface area contributed by atoms with Crippen molar-refractivity contribution in [3.05, 3.63) is 30.4 Å². The first-order valence-electron chi connectivity index (χ1n) is 7.12. The maximum atomic E-state index is 12.6. The van der Waals surface area contributed by atoms with Crippen LogP contribution in [-0.4, -0.2) is 38.3 Å². The van der Waals surface area contributed by atoms with Crippen LogP contribution in [0.3, 0.4) is 0 Å². The second kappa shape index (κ2) is 5.92. The molecule has 0 spiro atoms. The van der Waals surface area contributed by atoms with Gasteiger partial charge in [-0.15, -0.1) is 0 Å². The Hall–Kier alpha value is -2.54. The average Bonchev–Trinajstić information content (AvgIpc) is 3.15. The van der Waals surface area contributed by atoms with Gasteiger partial charge < -0.3 is 29.4 Å². The lowest BCUT2D eigenvalue weighted by molar-refractivity contribution is -0.313. The maximum Gasteiger partial charge on any atom is 0.231 e. The summed E-state index contributed by atoms with van der Waals surface area (Å²) in [4.78, 5) is 23.9. The molecule has 1 fully saturated rings. The third kappa shape index (κ3) is 2.63. The number of carboxylic acids is 1. The van der Waals surface area contributed by atoms with Crippen LogP contribution >= 0.6 is 0 Å². The van der Waals surface area contributed by atoms with Crippen molar-refractivity contribution in [2.75, 3.05) is 19.5 Å². The summed E-state index contributed by atoms with van der Waals surface area (Å²) in [5, 5.41) is 14.0. The molecular formula is C16H16NO6-. The molecule has 3 rings (SSSR count). The lowest BCUT2D eigenvalue weighted by atomic mass is 9.82. The molecule has 1 saturated heterocycles. The fourth-order valence-electron chi connectivity index (χ4n) is 3.03. The van der Waals surface area contributed by atoms with Crippen molar-refractivity contribution in [2.45, 2.75) is 12.2 Å². The van der Waals surface area contributed by atoms with Crippen molar-refractivity contribution in [1.82, 2.24) is 0 Å². The molecule has 2 bridgehead atoms. The van der Waals surface area contributed by atoms with Gasteiger partial charge in [0.25, 0.3) is 0 Å². The van der Waals surface area contributed by atoms with Crippen molar-refractivity contribution >= 4 is 17.6 Å². The molecule has 1 aromatic rings. The molecule has 0 aliphatic carbocycles. The molecule has 0 aromatic heterocycles. The molecule has 1 N–H and O–H groups in total. The number of benzene rings is 1. The molecule has 0 saturated carbocycles. The summed E-state index contributed by atoms with van der Waals surface area (Å²) in [5.41, 5.74) is 0.403. The number of ether oxygens (including phenoxy) is 3. The first-order valence-corrected chi connectivity index (χ1v) is 7.12. The summed E-state index contributed by atoms with van der Waals surface area (Å²) >= 11 is 0. The highest BCUT2D eigenvalue weighted by Crippen LogP contribution is 2.40. The average molecular weight is 318 g/mol. The highest BCUT2D eigenvalue weighted by atomic mass is 16.5. The standard InChI is InChI=1S/C16H17NO6/c1-21-8-3-4-10(22-2)9(7-8)17-15(18)13-11-5-6-12(23-11)14(13)16(19)20/h3-7,11-14H,1-2H3,(H,17,18)(H,19,20)/p-1/t11-,12+,13+,14+/m1/s1. The van der Waals surface area contributed by atoms with E-state index in [2.05, 4.69) is 5.32 Å². The topological polar surface area (TPSA) is 96.9 Å². The fourth-order valence-corrected chi connectivity index (χ4v) is 3.03. The molecule has 7 heteroatoms.